The number of hydrogen-bond acceptors (Lipinski definition) is 5. The van der Waals surface area contributed by atoms with Crippen molar-refractivity contribution < 1.29 is 17.9 Å². The molecule has 1 saturated carbocycles. The van der Waals surface area contributed by atoms with Crippen molar-refractivity contribution in [1.29, 1.82) is 0 Å². The highest BCUT2D eigenvalue weighted by atomic mass is 35.5. The van der Waals surface area contributed by atoms with E-state index in [1.807, 2.05) is 0 Å². The number of ether oxygens (including phenoxy) is 1. The zero-order valence-corrected chi connectivity index (χ0v) is 16.2. The molecule has 3 rings (SSSR count). The predicted molar refractivity (Wildman–Crippen MR) is 98.6 cm³/mol. The van der Waals surface area contributed by atoms with Crippen LogP contribution in [0, 0.1) is 0 Å². The summed E-state index contributed by atoms with van der Waals surface area (Å²) in [5, 5.41) is 2.62. The Morgan fingerprint density at radius 1 is 1.28 bits per heavy atom. The highest BCUT2D eigenvalue weighted by Gasteiger charge is 2.28. The van der Waals surface area contributed by atoms with Crippen LogP contribution in [0.1, 0.15) is 23.2 Å². The van der Waals surface area contributed by atoms with E-state index in [0.29, 0.717) is 10.1 Å². The molecule has 0 saturated heterocycles. The normalized spacial score (nSPS) is 14.4. The summed E-state index contributed by atoms with van der Waals surface area (Å²) in [6.07, 6.45) is 1.66. The largest absolute Gasteiger partial charge is 0.495 e. The first-order chi connectivity index (χ1) is 11.8. The Hall–Kier alpha value is -1.32. The number of amides is 1. The third-order valence-electron chi connectivity index (χ3n) is 3.53. The van der Waals surface area contributed by atoms with Gasteiger partial charge in [0.1, 0.15) is 10.1 Å². The van der Waals surface area contributed by atoms with Crippen LogP contribution in [0.3, 0.4) is 0 Å². The Morgan fingerprint density at radius 2 is 2.00 bits per heavy atom. The highest BCUT2D eigenvalue weighted by molar-refractivity contribution is 7.89. The van der Waals surface area contributed by atoms with Crippen LogP contribution >= 0.6 is 34.5 Å². The molecule has 0 aliphatic heterocycles. The summed E-state index contributed by atoms with van der Waals surface area (Å²) >= 11 is 12.9. The smallest absolute Gasteiger partial charge is 0.258 e. The van der Waals surface area contributed by atoms with Crippen LogP contribution in [0.25, 0.3) is 0 Å². The molecule has 1 fully saturated rings. The van der Waals surface area contributed by atoms with Crippen molar-refractivity contribution in [3.8, 4) is 5.75 Å². The monoisotopic (exact) mass is 420 g/mol. The van der Waals surface area contributed by atoms with Gasteiger partial charge in [-0.25, -0.2) is 13.1 Å². The Kier molecular flexibility index (Phi) is 5.26. The maximum Gasteiger partial charge on any atom is 0.258 e. The molecule has 1 aromatic carbocycles. The van der Waals surface area contributed by atoms with E-state index in [4.69, 9.17) is 27.9 Å². The number of anilines is 1. The second-order valence-corrected chi connectivity index (χ2v) is 9.45. The second kappa shape index (κ2) is 7.13. The lowest BCUT2D eigenvalue weighted by molar-refractivity contribution is 0.102. The maximum absolute atomic E-state index is 12.4. The van der Waals surface area contributed by atoms with Crippen molar-refractivity contribution in [2.75, 3.05) is 12.4 Å². The van der Waals surface area contributed by atoms with Gasteiger partial charge in [-0.1, -0.05) is 23.2 Å². The standard InChI is InChI=1S/C15H14Cl2N2O4S2/c1-23-12-5-4-9(25(21,22)19-8-2-3-8)6-11(12)18-15(20)10-7-13(16)24-14(10)17/h4-8,19H,2-3H2,1H3,(H,18,20). The minimum atomic E-state index is -3.65. The van der Waals surface area contributed by atoms with E-state index < -0.39 is 15.9 Å². The lowest BCUT2D eigenvalue weighted by Crippen LogP contribution is -2.25. The molecule has 134 valence electrons. The molecular weight excluding hydrogens is 407 g/mol. The first-order valence-electron chi connectivity index (χ1n) is 7.26. The van der Waals surface area contributed by atoms with Gasteiger partial charge >= 0.3 is 0 Å². The number of sulfonamides is 1. The van der Waals surface area contributed by atoms with Gasteiger partial charge < -0.3 is 10.1 Å². The number of benzene rings is 1. The molecule has 2 N–H and O–H groups in total. The molecular formula is C15H14Cl2N2O4S2. The average Bonchev–Trinajstić information content (AvgIpc) is 3.28. The van der Waals surface area contributed by atoms with Crippen molar-refractivity contribution in [3.63, 3.8) is 0 Å². The third kappa shape index (κ3) is 4.27. The molecule has 0 spiro atoms. The Morgan fingerprint density at radius 3 is 2.56 bits per heavy atom. The van der Waals surface area contributed by atoms with Crippen molar-refractivity contribution in [3.05, 3.63) is 38.5 Å². The van der Waals surface area contributed by atoms with Gasteiger partial charge in [-0.05, 0) is 37.1 Å². The summed E-state index contributed by atoms with van der Waals surface area (Å²) in [5.41, 5.74) is 0.438. The Balaban J connectivity index is 1.90. The molecule has 0 unspecified atom stereocenters. The summed E-state index contributed by atoms with van der Waals surface area (Å²) < 4.78 is 33.1. The van der Waals surface area contributed by atoms with E-state index in [2.05, 4.69) is 10.0 Å². The van der Waals surface area contributed by atoms with E-state index in [-0.39, 0.29) is 26.5 Å². The summed E-state index contributed by atoms with van der Waals surface area (Å²) in [7, 11) is -2.22. The van der Waals surface area contributed by atoms with Crippen LogP contribution in [0.2, 0.25) is 8.67 Å². The van der Waals surface area contributed by atoms with Crippen LogP contribution in [0.15, 0.2) is 29.2 Å². The van der Waals surface area contributed by atoms with Gasteiger partial charge in [0.15, 0.2) is 0 Å². The Bertz CT molecular complexity index is 924. The van der Waals surface area contributed by atoms with Gasteiger partial charge in [-0.3, -0.25) is 4.79 Å². The van der Waals surface area contributed by atoms with Gasteiger partial charge in [0, 0.05) is 6.04 Å². The minimum Gasteiger partial charge on any atom is -0.495 e. The molecule has 10 heteroatoms. The zero-order valence-electron chi connectivity index (χ0n) is 13.0. The van der Waals surface area contributed by atoms with Crippen LogP contribution in [0.4, 0.5) is 5.69 Å². The van der Waals surface area contributed by atoms with Crippen LogP contribution in [0.5, 0.6) is 5.75 Å². The molecule has 1 amide bonds. The number of carbonyl (C=O) groups excluding carboxylic acids is 1. The number of hydrogen-bond donors (Lipinski definition) is 2. The van der Waals surface area contributed by atoms with Crippen molar-refractivity contribution in [2.24, 2.45) is 0 Å². The summed E-state index contributed by atoms with van der Waals surface area (Å²) in [6.45, 7) is 0. The molecule has 1 aromatic heterocycles. The van der Waals surface area contributed by atoms with Gasteiger partial charge in [0.2, 0.25) is 10.0 Å². The fourth-order valence-corrected chi connectivity index (χ4v) is 4.91. The van der Waals surface area contributed by atoms with E-state index in [1.54, 1.807) is 0 Å². The van der Waals surface area contributed by atoms with Crippen molar-refractivity contribution in [2.45, 2.75) is 23.8 Å². The fourth-order valence-electron chi connectivity index (χ4n) is 2.13. The predicted octanol–water partition coefficient (Wildman–Crippen LogP) is 3.76. The van der Waals surface area contributed by atoms with Gasteiger partial charge in [0.25, 0.3) is 5.91 Å². The average molecular weight is 421 g/mol. The quantitative estimate of drug-likeness (QED) is 0.744. The lowest BCUT2D eigenvalue weighted by atomic mass is 10.2. The number of nitrogens with one attached hydrogen (secondary N) is 2. The van der Waals surface area contributed by atoms with Gasteiger partial charge in [-0.2, -0.15) is 0 Å². The number of rotatable bonds is 6. The van der Waals surface area contributed by atoms with Crippen LogP contribution in [-0.4, -0.2) is 27.5 Å². The van der Waals surface area contributed by atoms with E-state index in [1.165, 1.54) is 31.4 Å². The van der Waals surface area contributed by atoms with Gasteiger partial charge in [-0.15, -0.1) is 11.3 Å². The van der Waals surface area contributed by atoms with Crippen molar-refractivity contribution in [1.82, 2.24) is 4.72 Å². The molecule has 0 radical (unpaired) electrons. The molecule has 0 atom stereocenters. The molecule has 0 bridgehead atoms. The minimum absolute atomic E-state index is 0.0168. The third-order valence-corrected chi connectivity index (χ3v) is 6.54. The topological polar surface area (TPSA) is 84.5 Å². The lowest BCUT2D eigenvalue weighted by Gasteiger charge is -2.12. The van der Waals surface area contributed by atoms with E-state index in [9.17, 15) is 13.2 Å². The highest BCUT2D eigenvalue weighted by Crippen LogP contribution is 2.33. The number of halogens is 2. The first kappa shape index (κ1) is 18.5. The van der Waals surface area contributed by atoms with E-state index in [0.717, 1.165) is 24.2 Å². The van der Waals surface area contributed by atoms with Gasteiger partial charge in [0.05, 0.1) is 27.6 Å². The number of methoxy groups -OCH3 is 1. The molecule has 2 aromatic rings. The SMILES string of the molecule is COc1ccc(S(=O)(=O)NC2CC2)cc1NC(=O)c1cc(Cl)sc1Cl. The van der Waals surface area contributed by atoms with Crippen LogP contribution in [-0.2, 0) is 10.0 Å². The summed E-state index contributed by atoms with van der Waals surface area (Å²) in [6, 6.07) is 5.69. The molecule has 1 aliphatic carbocycles. The zero-order chi connectivity index (χ0) is 18.2. The van der Waals surface area contributed by atoms with Crippen molar-refractivity contribution >= 4 is 56.2 Å². The number of thiophene rings is 1. The second-order valence-electron chi connectivity index (χ2n) is 5.45. The maximum atomic E-state index is 12.4. The molecule has 1 aliphatic rings. The summed E-state index contributed by atoms with van der Waals surface area (Å²) in [5.74, 6) is -0.174. The fraction of sp³-hybridized carbons (Fsp3) is 0.267. The summed E-state index contributed by atoms with van der Waals surface area (Å²) in [4.78, 5) is 12.4. The Labute approximate surface area is 159 Å². The molecule has 25 heavy (non-hydrogen) atoms. The van der Waals surface area contributed by atoms with Crippen LogP contribution < -0.4 is 14.8 Å². The van der Waals surface area contributed by atoms with E-state index >= 15 is 0 Å². The first-order valence-corrected chi connectivity index (χ1v) is 10.3. The molecule has 1 heterocycles. The number of carbonyl (C=O) groups is 1. The molecule has 6 nitrogen and oxygen atoms in total.